The highest BCUT2D eigenvalue weighted by atomic mass is 79.9. The molecule has 1 aromatic heterocycles. The Balaban J connectivity index is 1.20. The predicted molar refractivity (Wildman–Crippen MR) is 131 cm³/mol. The minimum atomic E-state index is 0.0499. The minimum Gasteiger partial charge on any atom is -0.338 e. The second kappa shape index (κ2) is 9.71. The van der Waals surface area contributed by atoms with Gasteiger partial charge in [-0.05, 0) is 42.5 Å². The van der Waals surface area contributed by atoms with Gasteiger partial charge in [0.1, 0.15) is 0 Å². The first kappa shape index (κ1) is 21.6. The van der Waals surface area contributed by atoms with Crippen LogP contribution in [0, 0.1) is 0 Å². The SMILES string of the molecule is O=C(/C=C/c1ccccc1Br)N1CCc2cnc(N3CCN(C4CCC4)CC3)nc2CC1. The van der Waals surface area contributed by atoms with Crippen LogP contribution in [0.1, 0.15) is 36.1 Å². The summed E-state index contributed by atoms with van der Waals surface area (Å²) in [6.07, 6.45) is 11.2. The molecular formula is C25H30BrN5O. The Labute approximate surface area is 198 Å². The molecule has 1 saturated carbocycles. The third-order valence-corrected chi connectivity index (χ3v) is 7.74. The quantitative estimate of drug-likeness (QED) is 0.607. The van der Waals surface area contributed by atoms with E-state index in [-0.39, 0.29) is 5.91 Å². The van der Waals surface area contributed by atoms with E-state index in [2.05, 4.69) is 25.7 Å². The second-order valence-electron chi connectivity index (χ2n) is 8.93. The molecule has 3 heterocycles. The van der Waals surface area contributed by atoms with Crippen LogP contribution in [0.5, 0.6) is 0 Å². The van der Waals surface area contributed by atoms with E-state index >= 15 is 0 Å². The summed E-state index contributed by atoms with van der Waals surface area (Å²) in [6.45, 7) is 5.61. The Kier molecular flexibility index (Phi) is 6.55. The number of aromatic nitrogens is 2. The summed E-state index contributed by atoms with van der Waals surface area (Å²) in [4.78, 5) is 29.3. The zero-order valence-electron chi connectivity index (χ0n) is 18.4. The summed E-state index contributed by atoms with van der Waals surface area (Å²) in [5.41, 5.74) is 3.28. The molecule has 2 fully saturated rings. The van der Waals surface area contributed by atoms with Crippen molar-refractivity contribution in [3.63, 3.8) is 0 Å². The third-order valence-electron chi connectivity index (χ3n) is 7.02. The van der Waals surface area contributed by atoms with Gasteiger partial charge in [0.05, 0.1) is 5.69 Å². The summed E-state index contributed by atoms with van der Waals surface area (Å²) < 4.78 is 0.989. The average molecular weight is 496 g/mol. The van der Waals surface area contributed by atoms with Crippen LogP contribution in [0.15, 0.2) is 41.0 Å². The fourth-order valence-electron chi connectivity index (χ4n) is 4.75. The summed E-state index contributed by atoms with van der Waals surface area (Å²) >= 11 is 3.53. The summed E-state index contributed by atoms with van der Waals surface area (Å²) in [5, 5.41) is 0. The summed E-state index contributed by atoms with van der Waals surface area (Å²) in [6, 6.07) is 8.73. The Hall–Kier alpha value is -2.25. The van der Waals surface area contributed by atoms with E-state index < -0.39 is 0 Å². The lowest BCUT2D eigenvalue weighted by Crippen LogP contribution is -2.52. The van der Waals surface area contributed by atoms with Crippen LogP contribution in [-0.2, 0) is 17.6 Å². The van der Waals surface area contributed by atoms with Crippen molar-refractivity contribution in [2.75, 3.05) is 44.2 Å². The molecule has 0 unspecified atom stereocenters. The number of hydrogen-bond acceptors (Lipinski definition) is 5. The lowest BCUT2D eigenvalue weighted by Gasteiger charge is -2.43. The zero-order valence-corrected chi connectivity index (χ0v) is 20.0. The molecule has 5 rings (SSSR count). The van der Waals surface area contributed by atoms with Crippen molar-refractivity contribution in [1.82, 2.24) is 19.8 Å². The fourth-order valence-corrected chi connectivity index (χ4v) is 5.17. The van der Waals surface area contributed by atoms with Crippen LogP contribution < -0.4 is 4.90 Å². The highest BCUT2D eigenvalue weighted by molar-refractivity contribution is 9.10. The molecule has 1 aliphatic carbocycles. The normalized spacial score (nSPS) is 20.2. The molecule has 1 aromatic carbocycles. The van der Waals surface area contributed by atoms with Gasteiger partial charge in [-0.1, -0.05) is 40.5 Å². The second-order valence-corrected chi connectivity index (χ2v) is 9.78. The topological polar surface area (TPSA) is 52.6 Å². The first-order chi connectivity index (χ1) is 15.7. The van der Waals surface area contributed by atoms with Gasteiger partial charge in [0.2, 0.25) is 11.9 Å². The molecule has 6 nitrogen and oxygen atoms in total. The number of rotatable bonds is 4. The standard InChI is InChI=1S/C25H30BrN5O/c26-22-7-2-1-4-19(22)8-9-24(32)30-12-10-20-18-27-25(28-23(20)11-13-30)31-16-14-29(15-17-31)21-5-3-6-21/h1-2,4,7-9,18,21H,3,5-6,10-17H2/b9-8+. The Morgan fingerprint density at radius 1 is 1.03 bits per heavy atom. The maximum absolute atomic E-state index is 12.8. The molecule has 32 heavy (non-hydrogen) atoms. The highest BCUT2D eigenvalue weighted by Crippen LogP contribution is 2.26. The van der Waals surface area contributed by atoms with Crippen LogP contribution in [0.25, 0.3) is 6.08 Å². The van der Waals surface area contributed by atoms with Gasteiger partial charge in [-0.3, -0.25) is 9.69 Å². The summed E-state index contributed by atoms with van der Waals surface area (Å²) in [7, 11) is 0. The van der Waals surface area contributed by atoms with Crippen LogP contribution >= 0.6 is 15.9 Å². The largest absolute Gasteiger partial charge is 0.338 e. The summed E-state index contributed by atoms with van der Waals surface area (Å²) in [5.74, 6) is 0.902. The Bertz CT molecular complexity index is 998. The molecule has 2 aliphatic heterocycles. The smallest absolute Gasteiger partial charge is 0.246 e. The van der Waals surface area contributed by atoms with Crippen LogP contribution in [-0.4, -0.2) is 71.0 Å². The van der Waals surface area contributed by atoms with Crippen LogP contribution in [0.2, 0.25) is 0 Å². The number of carbonyl (C=O) groups is 1. The number of anilines is 1. The van der Waals surface area contributed by atoms with Crippen LogP contribution in [0.4, 0.5) is 5.95 Å². The van der Waals surface area contributed by atoms with Gasteiger partial charge in [0.15, 0.2) is 0 Å². The molecule has 2 aromatic rings. The number of piperazine rings is 1. The van der Waals surface area contributed by atoms with Gasteiger partial charge in [-0.2, -0.15) is 0 Å². The maximum atomic E-state index is 12.8. The number of carbonyl (C=O) groups excluding carboxylic acids is 1. The van der Waals surface area contributed by atoms with Gasteiger partial charge in [-0.25, -0.2) is 9.97 Å². The van der Waals surface area contributed by atoms with Gasteiger partial charge < -0.3 is 9.80 Å². The number of halogens is 1. The lowest BCUT2D eigenvalue weighted by molar-refractivity contribution is -0.125. The van der Waals surface area contributed by atoms with Gasteiger partial charge in [0.25, 0.3) is 0 Å². The van der Waals surface area contributed by atoms with E-state index in [0.29, 0.717) is 13.1 Å². The van der Waals surface area contributed by atoms with E-state index in [0.717, 1.165) is 66.7 Å². The molecule has 0 radical (unpaired) electrons. The average Bonchev–Trinajstić information content (AvgIpc) is 3.00. The van der Waals surface area contributed by atoms with Crippen molar-refractivity contribution >= 4 is 33.9 Å². The maximum Gasteiger partial charge on any atom is 0.246 e. The molecule has 0 bridgehead atoms. The third kappa shape index (κ3) is 4.74. The van der Waals surface area contributed by atoms with E-state index in [9.17, 15) is 4.79 Å². The van der Waals surface area contributed by atoms with Gasteiger partial charge in [-0.15, -0.1) is 0 Å². The van der Waals surface area contributed by atoms with Crippen molar-refractivity contribution in [2.45, 2.75) is 38.1 Å². The van der Waals surface area contributed by atoms with Crippen molar-refractivity contribution in [3.05, 3.63) is 57.8 Å². The molecule has 168 valence electrons. The molecule has 1 amide bonds. The molecule has 0 N–H and O–H groups in total. The molecule has 1 saturated heterocycles. The Morgan fingerprint density at radius 3 is 2.56 bits per heavy atom. The predicted octanol–water partition coefficient (Wildman–Crippen LogP) is 3.55. The van der Waals surface area contributed by atoms with Crippen molar-refractivity contribution in [1.29, 1.82) is 0 Å². The lowest BCUT2D eigenvalue weighted by atomic mass is 9.91. The first-order valence-corrected chi connectivity index (χ1v) is 12.5. The van der Waals surface area contributed by atoms with Gasteiger partial charge >= 0.3 is 0 Å². The molecular weight excluding hydrogens is 466 g/mol. The number of amides is 1. The van der Waals surface area contributed by atoms with E-state index in [1.807, 2.05) is 41.4 Å². The number of benzene rings is 1. The van der Waals surface area contributed by atoms with E-state index in [1.165, 1.54) is 24.8 Å². The minimum absolute atomic E-state index is 0.0499. The number of hydrogen-bond donors (Lipinski definition) is 0. The molecule has 0 spiro atoms. The van der Waals surface area contributed by atoms with E-state index in [4.69, 9.17) is 9.97 Å². The molecule has 3 aliphatic rings. The monoisotopic (exact) mass is 495 g/mol. The highest BCUT2D eigenvalue weighted by Gasteiger charge is 2.29. The molecule has 0 atom stereocenters. The zero-order chi connectivity index (χ0) is 21.9. The van der Waals surface area contributed by atoms with Gasteiger partial charge in [0, 0.05) is 68.5 Å². The van der Waals surface area contributed by atoms with Crippen molar-refractivity contribution in [3.8, 4) is 0 Å². The number of fused-ring (bicyclic) bond motifs is 1. The first-order valence-electron chi connectivity index (χ1n) is 11.7. The van der Waals surface area contributed by atoms with Crippen LogP contribution in [0.3, 0.4) is 0 Å². The van der Waals surface area contributed by atoms with Crippen molar-refractivity contribution in [2.24, 2.45) is 0 Å². The number of nitrogens with zero attached hydrogens (tertiary/aromatic N) is 5. The van der Waals surface area contributed by atoms with E-state index in [1.54, 1.807) is 6.08 Å². The Morgan fingerprint density at radius 2 is 1.81 bits per heavy atom. The molecule has 7 heteroatoms. The fraction of sp³-hybridized carbons (Fsp3) is 0.480. The van der Waals surface area contributed by atoms with Crippen molar-refractivity contribution < 1.29 is 4.79 Å².